The summed E-state index contributed by atoms with van der Waals surface area (Å²) in [5.74, 6) is 2.36. The molecule has 1 aromatic heterocycles. The minimum Gasteiger partial charge on any atom is -0.345 e. The van der Waals surface area contributed by atoms with Crippen molar-refractivity contribution in [1.82, 2.24) is 9.97 Å². The van der Waals surface area contributed by atoms with Crippen LogP contribution in [0.2, 0.25) is 0 Å². The predicted octanol–water partition coefficient (Wildman–Crippen LogP) is 7.07. The van der Waals surface area contributed by atoms with E-state index in [9.17, 15) is 0 Å². The van der Waals surface area contributed by atoms with E-state index in [2.05, 4.69) is 53.5 Å². The summed E-state index contributed by atoms with van der Waals surface area (Å²) in [4.78, 5) is 8.89. The zero-order valence-electron chi connectivity index (χ0n) is 16.8. The second kappa shape index (κ2) is 9.49. The first-order chi connectivity index (χ1) is 10.9. The average Bonchev–Trinajstić information content (AvgIpc) is 2.94. The highest BCUT2D eigenvalue weighted by molar-refractivity contribution is 5.25. The van der Waals surface area contributed by atoms with Gasteiger partial charge in [-0.1, -0.05) is 80.6 Å². The highest BCUT2D eigenvalue weighted by Crippen LogP contribution is 2.34. The molecule has 0 fully saturated rings. The van der Waals surface area contributed by atoms with Crippen LogP contribution in [-0.2, 0) is 5.41 Å². The van der Waals surface area contributed by atoms with E-state index in [1.54, 1.807) is 0 Å². The van der Waals surface area contributed by atoms with E-state index in [0.29, 0.717) is 11.8 Å². The summed E-state index contributed by atoms with van der Waals surface area (Å²) in [5, 5.41) is 0. The van der Waals surface area contributed by atoms with Gasteiger partial charge < -0.3 is 4.98 Å². The molecule has 0 radical (unpaired) electrons. The molecule has 0 aliphatic heterocycles. The lowest BCUT2D eigenvalue weighted by Gasteiger charge is -2.22. The van der Waals surface area contributed by atoms with E-state index in [4.69, 9.17) is 4.98 Å². The van der Waals surface area contributed by atoms with Crippen LogP contribution in [0.5, 0.6) is 0 Å². The number of hydrogen-bond acceptors (Lipinski definition) is 1. The van der Waals surface area contributed by atoms with Gasteiger partial charge in [-0.05, 0) is 25.2 Å². The topological polar surface area (TPSA) is 28.7 Å². The molecule has 1 heterocycles. The molecule has 2 nitrogen and oxygen atoms in total. The van der Waals surface area contributed by atoms with E-state index in [0.717, 1.165) is 0 Å². The Labute approximate surface area is 144 Å². The van der Waals surface area contributed by atoms with E-state index in [-0.39, 0.29) is 5.41 Å². The van der Waals surface area contributed by atoms with Crippen molar-refractivity contribution in [2.75, 3.05) is 0 Å². The van der Waals surface area contributed by atoms with Gasteiger partial charge in [0.25, 0.3) is 0 Å². The number of unbranched alkanes of at least 4 members (excludes halogenated alkanes) is 2. The van der Waals surface area contributed by atoms with Crippen molar-refractivity contribution >= 4 is 0 Å². The van der Waals surface area contributed by atoms with E-state index < -0.39 is 0 Å². The second-order valence-electron chi connectivity index (χ2n) is 8.10. The molecule has 1 rings (SSSR count). The Morgan fingerprint density at radius 3 is 2.09 bits per heavy atom. The lowest BCUT2D eigenvalue weighted by Crippen LogP contribution is -2.19. The maximum Gasteiger partial charge on any atom is 0.112 e. The monoisotopic (exact) mass is 320 g/mol. The third-order valence-corrected chi connectivity index (χ3v) is 5.21. The fraction of sp³-hybridized carbons (Fsp3) is 0.857. The third kappa shape index (κ3) is 5.65. The summed E-state index contributed by atoms with van der Waals surface area (Å²) in [5.41, 5.74) is 2.90. The Morgan fingerprint density at radius 2 is 1.52 bits per heavy atom. The van der Waals surface area contributed by atoms with Crippen LogP contribution >= 0.6 is 0 Å². The molecule has 0 aromatic carbocycles. The zero-order chi connectivity index (χ0) is 17.5. The Morgan fingerprint density at radius 1 is 0.913 bits per heavy atom. The number of aromatic amines is 1. The van der Waals surface area contributed by atoms with Crippen molar-refractivity contribution in [3.63, 3.8) is 0 Å². The maximum atomic E-state index is 5.13. The van der Waals surface area contributed by atoms with Crippen LogP contribution in [0.25, 0.3) is 0 Å². The van der Waals surface area contributed by atoms with Crippen molar-refractivity contribution in [2.45, 2.75) is 117 Å². The quantitative estimate of drug-likeness (QED) is 0.434. The lowest BCUT2D eigenvalue weighted by atomic mass is 9.86. The first-order valence-electron chi connectivity index (χ1n) is 9.97. The summed E-state index contributed by atoms with van der Waals surface area (Å²) in [6.07, 6.45) is 10.0. The lowest BCUT2D eigenvalue weighted by molar-refractivity contribution is 0.427. The zero-order valence-corrected chi connectivity index (χ0v) is 16.8. The van der Waals surface area contributed by atoms with Gasteiger partial charge in [0.05, 0.1) is 5.69 Å². The number of hydrogen-bond donors (Lipinski definition) is 1. The van der Waals surface area contributed by atoms with Crippen LogP contribution in [0.1, 0.15) is 129 Å². The maximum absolute atomic E-state index is 5.13. The van der Waals surface area contributed by atoms with E-state index in [1.807, 2.05) is 0 Å². The van der Waals surface area contributed by atoms with Gasteiger partial charge >= 0.3 is 0 Å². The summed E-state index contributed by atoms with van der Waals surface area (Å²) >= 11 is 0. The number of nitrogens with one attached hydrogen (secondary N) is 1. The molecule has 23 heavy (non-hydrogen) atoms. The number of H-pyrrole nitrogens is 1. The van der Waals surface area contributed by atoms with Crippen molar-refractivity contribution in [2.24, 2.45) is 0 Å². The van der Waals surface area contributed by atoms with Gasteiger partial charge in [-0.25, -0.2) is 4.98 Å². The minimum atomic E-state index is 0.153. The van der Waals surface area contributed by atoms with Crippen LogP contribution in [0.15, 0.2) is 0 Å². The van der Waals surface area contributed by atoms with Gasteiger partial charge in [0.2, 0.25) is 0 Å². The van der Waals surface area contributed by atoms with Crippen molar-refractivity contribution in [3.8, 4) is 0 Å². The standard InChI is InChI=1S/C21H40N2/c1-8-11-12-15-21(6,7)20-22-18(16(4)13-9-2)19(23-20)17(5)14-10-3/h16-17H,8-15H2,1-7H3,(H,22,23). The van der Waals surface area contributed by atoms with E-state index >= 15 is 0 Å². The molecule has 0 aliphatic carbocycles. The molecule has 0 amide bonds. The minimum absolute atomic E-state index is 0.153. The van der Waals surface area contributed by atoms with Crippen molar-refractivity contribution < 1.29 is 0 Å². The Hall–Kier alpha value is -0.790. The van der Waals surface area contributed by atoms with E-state index in [1.165, 1.54) is 68.6 Å². The molecule has 2 unspecified atom stereocenters. The smallest absolute Gasteiger partial charge is 0.112 e. The van der Waals surface area contributed by atoms with Crippen molar-refractivity contribution in [1.29, 1.82) is 0 Å². The summed E-state index contributed by atoms with van der Waals surface area (Å²) in [6.45, 7) is 16.2. The number of nitrogens with zero attached hydrogens (tertiary/aromatic N) is 1. The van der Waals surface area contributed by atoms with Crippen LogP contribution in [-0.4, -0.2) is 9.97 Å². The first-order valence-corrected chi connectivity index (χ1v) is 9.97. The molecule has 0 saturated carbocycles. The molecule has 0 saturated heterocycles. The molecule has 1 N–H and O–H groups in total. The fourth-order valence-corrected chi connectivity index (χ4v) is 3.55. The third-order valence-electron chi connectivity index (χ3n) is 5.21. The molecular formula is C21H40N2. The van der Waals surface area contributed by atoms with Gasteiger partial charge in [0.1, 0.15) is 5.82 Å². The normalized spacial score (nSPS) is 14.9. The van der Waals surface area contributed by atoms with Crippen LogP contribution in [0, 0.1) is 0 Å². The highest BCUT2D eigenvalue weighted by atomic mass is 15.0. The summed E-state index contributed by atoms with van der Waals surface area (Å²) in [7, 11) is 0. The molecule has 2 atom stereocenters. The molecule has 0 spiro atoms. The Bertz CT molecular complexity index is 415. The van der Waals surface area contributed by atoms with Gasteiger partial charge in [0.15, 0.2) is 0 Å². The van der Waals surface area contributed by atoms with Gasteiger partial charge in [-0.15, -0.1) is 0 Å². The molecular weight excluding hydrogens is 280 g/mol. The summed E-state index contributed by atoms with van der Waals surface area (Å²) in [6, 6.07) is 0. The van der Waals surface area contributed by atoms with Gasteiger partial charge in [0, 0.05) is 17.0 Å². The largest absolute Gasteiger partial charge is 0.345 e. The molecule has 2 heteroatoms. The van der Waals surface area contributed by atoms with Gasteiger partial charge in [-0.3, -0.25) is 0 Å². The number of rotatable bonds is 11. The average molecular weight is 321 g/mol. The van der Waals surface area contributed by atoms with Gasteiger partial charge in [-0.2, -0.15) is 0 Å². The SMILES string of the molecule is CCCCCC(C)(C)c1nc(C(C)CCC)c(C(C)CCC)[nH]1. The second-order valence-corrected chi connectivity index (χ2v) is 8.10. The molecule has 1 aromatic rings. The summed E-state index contributed by atoms with van der Waals surface area (Å²) < 4.78 is 0. The fourth-order valence-electron chi connectivity index (χ4n) is 3.55. The molecule has 0 bridgehead atoms. The first kappa shape index (κ1) is 20.3. The number of imidazole rings is 1. The molecule has 134 valence electrons. The highest BCUT2D eigenvalue weighted by Gasteiger charge is 2.28. The predicted molar refractivity (Wildman–Crippen MR) is 102 cm³/mol. The molecule has 0 aliphatic rings. The number of aromatic nitrogens is 2. The Balaban J connectivity index is 3.07. The Kier molecular flexibility index (Phi) is 8.36. The van der Waals surface area contributed by atoms with Crippen LogP contribution in [0.3, 0.4) is 0 Å². The van der Waals surface area contributed by atoms with Crippen LogP contribution in [0.4, 0.5) is 0 Å². The van der Waals surface area contributed by atoms with Crippen molar-refractivity contribution in [3.05, 3.63) is 17.2 Å². The van der Waals surface area contributed by atoms with Crippen LogP contribution < -0.4 is 0 Å².